The van der Waals surface area contributed by atoms with E-state index < -0.39 is 40.1 Å². The first-order valence-corrected chi connectivity index (χ1v) is 8.83. The van der Waals surface area contributed by atoms with Gasteiger partial charge in [-0.1, -0.05) is 36.8 Å². The summed E-state index contributed by atoms with van der Waals surface area (Å²) in [7, 11) is 0. The largest absolute Gasteiger partial charge is 0.365 e. The highest BCUT2D eigenvalue weighted by atomic mass is 16.6. The molecule has 0 unspecified atom stereocenters. The molecule has 0 spiro atoms. The first-order chi connectivity index (χ1) is 13.3. The molecule has 1 aromatic heterocycles. The minimum absolute atomic E-state index is 0.136. The highest BCUT2D eigenvalue weighted by molar-refractivity contribution is 5.93. The maximum atomic E-state index is 12.4. The molecule has 2 aromatic rings. The second kappa shape index (κ2) is 7.63. The fourth-order valence-corrected chi connectivity index (χ4v) is 3.45. The van der Waals surface area contributed by atoms with Crippen LogP contribution < -0.4 is 16.6 Å². The van der Waals surface area contributed by atoms with Gasteiger partial charge in [-0.15, -0.1) is 0 Å². The van der Waals surface area contributed by atoms with E-state index in [2.05, 4.69) is 5.32 Å². The number of rotatable bonds is 7. The van der Waals surface area contributed by atoms with Crippen molar-refractivity contribution in [3.05, 3.63) is 74.2 Å². The number of nitrogens with one attached hydrogen (secondary N) is 1. The van der Waals surface area contributed by atoms with E-state index in [-0.39, 0.29) is 5.41 Å². The van der Waals surface area contributed by atoms with Gasteiger partial charge in [-0.3, -0.25) is 29.1 Å². The van der Waals surface area contributed by atoms with Gasteiger partial charge in [-0.25, -0.2) is 0 Å². The average Bonchev–Trinajstić information content (AvgIpc) is 2.63. The molecule has 1 aliphatic carbocycles. The van der Waals surface area contributed by atoms with E-state index in [9.17, 15) is 24.5 Å². The molecule has 1 fully saturated rings. The number of carbonyl (C=O) groups is 2. The molecule has 0 radical (unpaired) electrons. The Balaban J connectivity index is 1.76. The zero-order valence-electron chi connectivity index (χ0n) is 15.1. The van der Waals surface area contributed by atoms with Crippen LogP contribution in [-0.2, 0) is 16.8 Å². The van der Waals surface area contributed by atoms with Gasteiger partial charge < -0.3 is 11.1 Å². The molecule has 1 aliphatic rings. The molecule has 3 N–H and O–H groups in total. The molecule has 9 heteroatoms. The minimum Gasteiger partial charge on any atom is -0.365 e. The van der Waals surface area contributed by atoms with Gasteiger partial charge in [0.05, 0.1) is 11.1 Å². The van der Waals surface area contributed by atoms with Crippen molar-refractivity contribution in [2.75, 3.05) is 6.54 Å². The van der Waals surface area contributed by atoms with Crippen LogP contribution in [0, 0.1) is 10.1 Å². The third-order valence-corrected chi connectivity index (χ3v) is 5.18. The van der Waals surface area contributed by atoms with Crippen LogP contribution in [0.3, 0.4) is 0 Å². The van der Waals surface area contributed by atoms with Gasteiger partial charge >= 0.3 is 0 Å². The van der Waals surface area contributed by atoms with Crippen molar-refractivity contribution in [3.8, 4) is 0 Å². The third-order valence-electron chi connectivity index (χ3n) is 5.18. The van der Waals surface area contributed by atoms with Crippen LogP contribution in [-0.4, -0.2) is 27.8 Å². The molecule has 9 nitrogen and oxygen atoms in total. The Morgan fingerprint density at radius 1 is 1.25 bits per heavy atom. The Labute approximate surface area is 160 Å². The molecule has 0 atom stereocenters. The van der Waals surface area contributed by atoms with E-state index in [0.717, 1.165) is 41.7 Å². The SMILES string of the molecule is NC(=O)c1cc([N+](=O)[O-])cn(CC(=O)NCC2(c3ccccc3)CCC2)c1=O. The number of pyridine rings is 1. The van der Waals surface area contributed by atoms with Crippen molar-refractivity contribution in [3.63, 3.8) is 0 Å². The van der Waals surface area contributed by atoms with Crippen LogP contribution >= 0.6 is 0 Å². The maximum absolute atomic E-state index is 12.4. The highest BCUT2D eigenvalue weighted by Gasteiger charge is 2.38. The Morgan fingerprint density at radius 3 is 2.46 bits per heavy atom. The van der Waals surface area contributed by atoms with Crippen molar-refractivity contribution in [2.24, 2.45) is 5.73 Å². The zero-order chi connectivity index (χ0) is 20.3. The summed E-state index contributed by atoms with van der Waals surface area (Å²) in [5.74, 6) is -1.56. The van der Waals surface area contributed by atoms with Crippen LogP contribution in [0.4, 0.5) is 5.69 Å². The monoisotopic (exact) mass is 384 g/mol. The molecule has 146 valence electrons. The molecular formula is C19H20N4O5. The van der Waals surface area contributed by atoms with Crippen LogP contribution in [0.1, 0.15) is 35.2 Å². The molecule has 2 amide bonds. The van der Waals surface area contributed by atoms with Crippen molar-refractivity contribution in [1.29, 1.82) is 0 Å². The second-order valence-electron chi connectivity index (χ2n) is 6.94. The molecule has 0 saturated heterocycles. The molecule has 28 heavy (non-hydrogen) atoms. The standard InChI is InChI=1S/C19H20N4O5/c20-17(25)15-9-14(23(27)28)10-22(18(15)26)11-16(24)21-12-19(7-4-8-19)13-5-2-1-3-6-13/h1-3,5-6,9-10H,4,7-8,11-12H2,(H2,20,25)(H,21,24). The number of aromatic nitrogens is 1. The fourth-order valence-electron chi connectivity index (χ4n) is 3.45. The van der Waals surface area contributed by atoms with Gasteiger partial charge in [0, 0.05) is 18.0 Å². The van der Waals surface area contributed by atoms with E-state index in [1.165, 1.54) is 0 Å². The van der Waals surface area contributed by atoms with E-state index in [4.69, 9.17) is 5.73 Å². The summed E-state index contributed by atoms with van der Waals surface area (Å²) in [4.78, 5) is 46.3. The van der Waals surface area contributed by atoms with Crippen LogP contribution in [0.15, 0.2) is 47.4 Å². The van der Waals surface area contributed by atoms with E-state index in [1.807, 2.05) is 30.3 Å². The molecule has 1 saturated carbocycles. The Hall–Kier alpha value is -3.49. The van der Waals surface area contributed by atoms with Crippen molar-refractivity contribution < 1.29 is 14.5 Å². The zero-order valence-corrected chi connectivity index (χ0v) is 15.1. The predicted octanol–water partition coefficient (Wildman–Crippen LogP) is 1.09. The Bertz CT molecular complexity index is 980. The number of hydrogen-bond donors (Lipinski definition) is 2. The summed E-state index contributed by atoms with van der Waals surface area (Å²) in [6.45, 7) is -0.0339. The Kier molecular flexibility index (Phi) is 5.25. The summed E-state index contributed by atoms with van der Waals surface area (Å²) in [5.41, 5.74) is 4.27. The molecule has 3 rings (SSSR count). The number of amides is 2. The summed E-state index contributed by atoms with van der Waals surface area (Å²) in [6.07, 6.45) is 3.89. The molecule has 0 aliphatic heterocycles. The lowest BCUT2D eigenvalue weighted by Crippen LogP contribution is -2.46. The lowest BCUT2D eigenvalue weighted by atomic mass is 9.64. The Morgan fingerprint density at radius 2 is 1.93 bits per heavy atom. The number of nitrogens with two attached hydrogens (primary N) is 1. The van der Waals surface area contributed by atoms with Gasteiger partial charge in [-0.2, -0.15) is 0 Å². The molecule has 0 bridgehead atoms. The average molecular weight is 384 g/mol. The predicted molar refractivity (Wildman–Crippen MR) is 101 cm³/mol. The lowest BCUT2D eigenvalue weighted by Gasteiger charge is -2.42. The van der Waals surface area contributed by atoms with Crippen molar-refractivity contribution in [1.82, 2.24) is 9.88 Å². The molecular weight excluding hydrogens is 364 g/mol. The number of benzene rings is 1. The first kappa shape index (κ1) is 19.3. The van der Waals surface area contributed by atoms with E-state index in [1.54, 1.807) is 0 Å². The first-order valence-electron chi connectivity index (χ1n) is 8.83. The van der Waals surface area contributed by atoms with Gasteiger partial charge in [0.15, 0.2) is 0 Å². The lowest BCUT2D eigenvalue weighted by molar-refractivity contribution is -0.385. The third kappa shape index (κ3) is 3.78. The van der Waals surface area contributed by atoms with Crippen molar-refractivity contribution in [2.45, 2.75) is 31.2 Å². The highest BCUT2D eigenvalue weighted by Crippen LogP contribution is 2.43. The van der Waals surface area contributed by atoms with E-state index in [0.29, 0.717) is 6.54 Å². The number of nitrogens with zero attached hydrogens (tertiary/aromatic N) is 2. The minimum atomic E-state index is -1.08. The van der Waals surface area contributed by atoms with Crippen LogP contribution in [0.25, 0.3) is 0 Å². The summed E-state index contributed by atoms with van der Waals surface area (Å²) >= 11 is 0. The number of nitro groups is 1. The van der Waals surface area contributed by atoms with Crippen molar-refractivity contribution >= 4 is 17.5 Å². The number of hydrogen-bond acceptors (Lipinski definition) is 5. The van der Waals surface area contributed by atoms with Gasteiger partial charge in [0.1, 0.15) is 12.1 Å². The normalized spacial score (nSPS) is 14.7. The molecule has 1 heterocycles. The van der Waals surface area contributed by atoms with Gasteiger partial charge in [0.2, 0.25) is 5.91 Å². The quantitative estimate of drug-likeness (QED) is 0.544. The van der Waals surface area contributed by atoms with Gasteiger partial charge in [-0.05, 0) is 18.4 Å². The summed E-state index contributed by atoms with van der Waals surface area (Å²) in [6, 6.07) is 10.7. The second-order valence-corrected chi connectivity index (χ2v) is 6.94. The fraction of sp³-hybridized carbons (Fsp3) is 0.316. The molecule has 1 aromatic carbocycles. The number of carbonyl (C=O) groups excluding carboxylic acids is 2. The van der Waals surface area contributed by atoms with Gasteiger partial charge in [0.25, 0.3) is 17.2 Å². The van der Waals surface area contributed by atoms with Crippen LogP contribution in [0.5, 0.6) is 0 Å². The smallest absolute Gasteiger partial charge is 0.286 e. The van der Waals surface area contributed by atoms with Crippen LogP contribution in [0.2, 0.25) is 0 Å². The number of primary amides is 1. The maximum Gasteiger partial charge on any atom is 0.286 e. The topological polar surface area (TPSA) is 137 Å². The summed E-state index contributed by atoms with van der Waals surface area (Å²) in [5, 5.41) is 13.8. The summed E-state index contributed by atoms with van der Waals surface area (Å²) < 4.78 is 0.837. The van der Waals surface area contributed by atoms with E-state index >= 15 is 0 Å².